The SMILES string of the molecule is Cc1cc(CCC(CCNC=O)Oc2cc(N3CCNCC3)ccc2C#N)ccc1O. The molecule has 164 valence electrons. The van der Waals surface area contributed by atoms with Crippen molar-refractivity contribution < 1.29 is 14.6 Å². The number of anilines is 1. The van der Waals surface area contributed by atoms with Gasteiger partial charge in [0, 0.05) is 50.9 Å². The number of phenolic OH excluding ortho intramolecular Hbond substituents is 1. The zero-order valence-corrected chi connectivity index (χ0v) is 17.9. The standard InChI is InChI=1S/C24H30N4O3/c1-18-14-19(3-7-23(18)30)2-6-22(8-9-27-17-29)31-24-15-21(5-4-20(24)16-25)28-12-10-26-11-13-28/h3-5,7,14-15,17,22,26,30H,2,6,8-13H2,1H3,(H,27,29). The minimum Gasteiger partial charge on any atom is -0.508 e. The second-order valence-electron chi connectivity index (χ2n) is 7.79. The lowest BCUT2D eigenvalue weighted by atomic mass is 10.0. The van der Waals surface area contributed by atoms with Crippen molar-refractivity contribution in [2.45, 2.75) is 32.3 Å². The van der Waals surface area contributed by atoms with Crippen LogP contribution < -0.4 is 20.3 Å². The highest BCUT2D eigenvalue weighted by molar-refractivity contribution is 5.57. The van der Waals surface area contributed by atoms with Crippen LogP contribution in [-0.4, -0.2) is 50.3 Å². The van der Waals surface area contributed by atoms with Gasteiger partial charge in [0.25, 0.3) is 0 Å². The van der Waals surface area contributed by atoms with Gasteiger partial charge in [0.1, 0.15) is 23.7 Å². The molecule has 1 amide bonds. The average Bonchev–Trinajstić information content (AvgIpc) is 2.80. The summed E-state index contributed by atoms with van der Waals surface area (Å²) in [6.07, 6.45) is 2.66. The minimum atomic E-state index is -0.160. The van der Waals surface area contributed by atoms with Crippen LogP contribution in [0.25, 0.3) is 0 Å². The zero-order valence-electron chi connectivity index (χ0n) is 17.9. The first-order chi connectivity index (χ1) is 15.1. The van der Waals surface area contributed by atoms with Crippen LogP contribution in [0.3, 0.4) is 0 Å². The number of benzene rings is 2. The molecule has 0 radical (unpaired) electrons. The summed E-state index contributed by atoms with van der Waals surface area (Å²) in [5, 5.41) is 25.4. The van der Waals surface area contributed by atoms with Gasteiger partial charge in [-0.15, -0.1) is 0 Å². The molecule has 1 aliphatic heterocycles. The zero-order chi connectivity index (χ0) is 22.1. The van der Waals surface area contributed by atoms with E-state index in [1.165, 1.54) is 0 Å². The average molecular weight is 423 g/mol. The van der Waals surface area contributed by atoms with Gasteiger partial charge < -0.3 is 25.4 Å². The monoisotopic (exact) mass is 422 g/mol. The fourth-order valence-corrected chi connectivity index (χ4v) is 3.77. The van der Waals surface area contributed by atoms with E-state index < -0.39 is 0 Å². The smallest absolute Gasteiger partial charge is 0.207 e. The second kappa shape index (κ2) is 11.2. The number of ether oxygens (including phenoxy) is 1. The van der Waals surface area contributed by atoms with Crippen molar-refractivity contribution in [3.05, 3.63) is 53.1 Å². The largest absolute Gasteiger partial charge is 0.508 e. The Hall–Kier alpha value is -3.24. The van der Waals surface area contributed by atoms with E-state index in [9.17, 15) is 15.2 Å². The molecule has 0 aromatic heterocycles. The van der Waals surface area contributed by atoms with Gasteiger partial charge in [0.2, 0.25) is 6.41 Å². The third kappa shape index (κ3) is 6.37. The summed E-state index contributed by atoms with van der Waals surface area (Å²) in [5.74, 6) is 0.867. The van der Waals surface area contributed by atoms with Gasteiger partial charge in [-0.1, -0.05) is 12.1 Å². The van der Waals surface area contributed by atoms with Crippen molar-refractivity contribution in [2.24, 2.45) is 0 Å². The molecule has 1 fully saturated rings. The molecule has 31 heavy (non-hydrogen) atoms. The van der Waals surface area contributed by atoms with Crippen LogP contribution >= 0.6 is 0 Å². The van der Waals surface area contributed by atoms with E-state index in [-0.39, 0.29) is 11.9 Å². The molecule has 3 N–H and O–H groups in total. The Morgan fingerprint density at radius 1 is 1.26 bits per heavy atom. The molecular weight excluding hydrogens is 392 g/mol. The number of hydrogen-bond acceptors (Lipinski definition) is 6. The summed E-state index contributed by atoms with van der Waals surface area (Å²) >= 11 is 0. The van der Waals surface area contributed by atoms with Gasteiger partial charge in [-0.2, -0.15) is 5.26 Å². The Morgan fingerprint density at radius 2 is 2.06 bits per heavy atom. The number of rotatable bonds is 10. The van der Waals surface area contributed by atoms with E-state index in [1.54, 1.807) is 6.07 Å². The van der Waals surface area contributed by atoms with Gasteiger partial charge in [0.05, 0.1) is 5.56 Å². The summed E-state index contributed by atoms with van der Waals surface area (Å²) in [6.45, 7) is 6.07. The van der Waals surface area contributed by atoms with Gasteiger partial charge in [-0.25, -0.2) is 0 Å². The van der Waals surface area contributed by atoms with Crippen LogP contribution in [0.4, 0.5) is 5.69 Å². The first kappa shape index (κ1) is 22.4. The van der Waals surface area contributed by atoms with E-state index in [4.69, 9.17) is 4.74 Å². The molecule has 1 saturated heterocycles. The highest BCUT2D eigenvalue weighted by Crippen LogP contribution is 2.28. The quantitative estimate of drug-likeness (QED) is 0.402. The number of nitriles is 1. The van der Waals surface area contributed by atoms with Crippen molar-refractivity contribution in [1.82, 2.24) is 10.6 Å². The maximum Gasteiger partial charge on any atom is 0.207 e. The maximum absolute atomic E-state index is 10.7. The van der Waals surface area contributed by atoms with Gasteiger partial charge in [-0.3, -0.25) is 4.79 Å². The van der Waals surface area contributed by atoms with Crippen LogP contribution in [-0.2, 0) is 11.2 Å². The molecule has 7 heteroatoms. The lowest BCUT2D eigenvalue weighted by molar-refractivity contribution is -0.109. The Bertz CT molecular complexity index is 920. The van der Waals surface area contributed by atoms with Crippen LogP contribution in [0.5, 0.6) is 11.5 Å². The molecule has 2 aromatic rings. The number of carbonyl (C=O) groups is 1. The Kier molecular flexibility index (Phi) is 8.13. The molecule has 1 unspecified atom stereocenters. The number of piperazine rings is 1. The Balaban J connectivity index is 1.74. The molecule has 0 bridgehead atoms. The van der Waals surface area contributed by atoms with Gasteiger partial charge >= 0.3 is 0 Å². The molecule has 1 aliphatic rings. The molecule has 0 saturated carbocycles. The van der Waals surface area contributed by atoms with Crippen LogP contribution in [0.15, 0.2) is 36.4 Å². The van der Waals surface area contributed by atoms with E-state index in [0.29, 0.717) is 30.7 Å². The molecule has 1 heterocycles. The fraction of sp³-hybridized carbons (Fsp3) is 0.417. The lowest BCUT2D eigenvalue weighted by Gasteiger charge is -2.30. The summed E-state index contributed by atoms with van der Waals surface area (Å²) < 4.78 is 6.32. The van der Waals surface area contributed by atoms with Crippen LogP contribution in [0.2, 0.25) is 0 Å². The third-order valence-electron chi connectivity index (χ3n) is 5.57. The van der Waals surface area contributed by atoms with Gasteiger partial charge in [0.15, 0.2) is 0 Å². The van der Waals surface area contributed by atoms with Crippen molar-refractivity contribution in [3.8, 4) is 17.6 Å². The number of carbonyl (C=O) groups excluding carboxylic acids is 1. The Labute approximate surface area is 183 Å². The topological polar surface area (TPSA) is 97.6 Å². The third-order valence-corrected chi connectivity index (χ3v) is 5.57. The first-order valence-electron chi connectivity index (χ1n) is 10.7. The number of hydrogen-bond donors (Lipinski definition) is 3. The molecule has 0 spiro atoms. The van der Waals surface area contributed by atoms with Crippen molar-refractivity contribution in [1.29, 1.82) is 5.26 Å². The minimum absolute atomic E-state index is 0.160. The highest BCUT2D eigenvalue weighted by Gasteiger charge is 2.17. The number of aryl methyl sites for hydroxylation is 2. The predicted octanol–water partition coefficient (Wildman–Crippen LogP) is 2.50. The van der Waals surface area contributed by atoms with E-state index in [1.807, 2.05) is 37.3 Å². The van der Waals surface area contributed by atoms with E-state index in [2.05, 4.69) is 21.6 Å². The second-order valence-corrected chi connectivity index (χ2v) is 7.79. The first-order valence-corrected chi connectivity index (χ1v) is 10.7. The highest BCUT2D eigenvalue weighted by atomic mass is 16.5. The number of nitrogens with one attached hydrogen (secondary N) is 2. The Morgan fingerprint density at radius 3 is 2.77 bits per heavy atom. The van der Waals surface area contributed by atoms with E-state index >= 15 is 0 Å². The van der Waals surface area contributed by atoms with Crippen LogP contribution in [0.1, 0.15) is 29.5 Å². The predicted molar refractivity (Wildman–Crippen MR) is 121 cm³/mol. The molecule has 7 nitrogen and oxygen atoms in total. The molecular formula is C24H30N4O3. The molecule has 2 aromatic carbocycles. The summed E-state index contributed by atoms with van der Waals surface area (Å²) in [4.78, 5) is 13.0. The number of amides is 1. The molecule has 3 rings (SSSR count). The van der Waals surface area contributed by atoms with E-state index in [0.717, 1.165) is 55.8 Å². The van der Waals surface area contributed by atoms with Crippen molar-refractivity contribution >= 4 is 12.1 Å². The van der Waals surface area contributed by atoms with Crippen molar-refractivity contribution in [2.75, 3.05) is 37.6 Å². The maximum atomic E-state index is 10.7. The summed E-state index contributed by atoms with van der Waals surface area (Å²) in [6, 6.07) is 13.6. The normalized spacial score (nSPS) is 14.5. The number of aromatic hydroxyl groups is 1. The van der Waals surface area contributed by atoms with Crippen LogP contribution in [0, 0.1) is 18.3 Å². The van der Waals surface area contributed by atoms with Crippen molar-refractivity contribution in [3.63, 3.8) is 0 Å². The number of phenols is 1. The molecule has 1 atom stereocenters. The summed E-state index contributed by atoms with van der Waals surface area (Å²) in [7, 11) is 0. The number of nitrogens with zero attached hydrogens (tertiary/aromatic N) is 2. The summed E-state index contributed by atoms with van der Waals surface area (Å²) in [5.41, 5.74) is 3.51. The van der Waals surface area contributed by atoms with Gasteiger partial charge in [-0.05, 0) is 49.1 Å². The fourth-order valence-electron chi connectivity index (χ4n) is 3.77. The molecule has 0 aliphatic carbocycles. The lowest BCUT2D eigenvalue weighted by Crippen LogP contribution is -2.43.